The molecule has 11 heavy (non-hydrogen) atoms. The van der Waals surface area contributed by atoms with Crippen LogP contribution in [0.3, 0.4) is 0 Å². The third-order valence-electron chi connectivity index (χ3n) is 1.45. The molecular formula is C9H18N2. The number of nitrogens with zero attached hydrogens (tertiary/aromatic N) is 2. The molecule has 0 saturated carbocycles. The molecule has 0 amide bonds. The Bertz CT molecular complexity index is 189. The van der Waals surface area contributed by atoms with Crippen LogP contribution >= 0.6 is 0 Å². The third kappa shape index (κ3) is 2.74. The first-order chi connectivity index (χ1) is 5.22. The Morgan fingerprint density at radius 1 is 1.36 bits per heavy atom. The molecule has 0 N–H and O–H groups in total. The normalized spacial score (nSPS) is 9.27. The van der Waals surface area contributed by atoms with Crippen LogP contribution in [0.5, 0.6) is 0 Å². The van der Waals surface area contributed by atoms with Crippen molar-refractivity contribution in [1.29, 1.82) is 0 Å². The lowest BCUT2D eigenvalue weighted by molar-refractivity contribution is 0.740. The van der Waals surface area contributed by atoms with Crippen LogP contribution in [0.2, 0.25) is 0 Å². The topological polar surface area (TPSA) is 17.8 Å². The van der Waals surface area contributed by atoms with Crippen LogP contribution in [0.4, 0.5) is 0 Å². The molecule has 0 saturated heterocycles. The fourth-order valence-electron chi connectivity index (χ4n) is 0.924. The van der Waals surface area contributed by atoms with Crippen LogP contribution in [-0.4, -0.2) is 9.55 Å². The standard InChI is InChI=1S/C7H12N2.C2H6/c1-6(2)7-4-8-5-9(7)3;1-2/h4-6H,1-3H3;1-2H3. The summed E-state index contributed by atoms with van der Waals surface area (Å²) in [5.41, 5.74) is 1.29. The molecule has 0 aromatic carbocycles. The molecule has 2 nitrogen and oxygen atoms in total. The summed E-state index contributed by atoms with van der Waals surface area (Å²) in [5.74, 6) is 0.581. The van der Waals surface area contributed by atoms with Crippen LogP contribution < -0.4 is 0 Å². The lowest BCUT2D eigenvalue weighted by Gasteiger charge is -2.03. The molecule has 0 spiro atoms. The average Bonchev–Trinajstić information content (AvgIpc) is 2.39. The summed E-state index contributed by atoms with van der Waals surface area (Å²) in [6.45, 7) is 8.33. The van der Waals surface area contributed by atoms with E-state index in [0.717, 1.165) is 0 Å². The Balaban J connectivity index is 0.000000461. The molecule has 0 bridgehead atoms. The Morgan fingerprint density at radius 3 is 2.09 bits per heavy atom. The highest BCUT2D eigenvalue weighted by Gasteiger charge is 2.00. The van der Waals surface area contributed by atoms with Gasteiger partial charge in [0.1, 0.15) is 0 Å². The number of imidazole rings is 1. The van der Waals surface area contributed by atoms with E-state index in [-0.39, 0.29) is 0 Å². The molecule has 0 atom stereocenters. The van der Waals surface area contributed by atoms with Gasteiger partial charge in [-0.2, -0.15) is 0 Å². The molecule has 1 heterocycles. The van der Waals surface area contributed by atoms with Crippen molar-refractivity contribution in [3.8, 4) is 0 Å². The molecule has 1 aromatic rings. The summed E-state index contributed by atoms with van der Waals surface area (Å²) < 4.78 is 2.05. The number of hydrogen-bond donors (Lipinski definition) is 0. The average molecular weight is 154 g/mol. The monoisotopic (exact) mass is 154 g/mol. The summed E-state index contributed by atoms with van der Waals surface area (Å²) in [6.07, 6.45) is 3.74. The van der Waals surface area contributed by atoms with Crippen LogP contribution in [0.25, 0.3) is 0 Å². The second-order valence-corrected chi connectivity index (χ2v) is 2.58. The van der Waals surface area contributed by atoms with Gasteiger partial charge in [-0.15, -0.1) is 0 Å². The smallest absolute Gasteiger partial charge is 0.0945 e. The van der Waals surface area contributed by atoms with Gasteiger partial charge < -0.3 is 4.57 Å². The maximum Gasteiger partial charge on any atom is 0.0945 e. The van der Waals surface area contributed by atoms with Crippen molar-refractivity contribution in [2.24, 2.45) is 7.05 Å². The first kappa shape index (κ1) is 10.2. The van der Waals surface area contributed by atoms with Gasteiger partial charge >= 0.3 is 0 Å². The van der Waals surface area contributed by atoms with Gasteiger partial charge in [-0.05, 0) is 5.92 Å². The highest BCUT2D eigenvalue weighted by molar-refractivity contribution is 5.02. The van der Waals surface area contributed by atoms with E-state index in [9.17, 15) is 0 Å². The van der Waals surface area contributed by atoms with Crippen LogP contribution in [0.15, 0.2) is 12.5 Å². The second kappa shape index (κ2) is 4.94. The van der Waals surface area contributed by atoms with E-state index in [1.54, 1.807) is 0 Å². The molecule has 1 aromatic heterocycles. The molecule has 1 rings (SSSR count). The first-order valence-corrected chi connectivity index (χ1v) is 4.18. The number of rotatable bonds is 1. The lowest BCUT2D eigenvalue weighted by Crippen LogP contribution is -1.95. The Morgan fingerprint density at radius 2 is 1.91 bits per heavy atom. The zero-order valence-corrected chi connectivity index (χ0v) is 8.13. The van der Waals surface area contributed by atoms with E-state index in [0.29, 0.717) is 5.92 Å². The van der Waals surface area contributed by atoms with Crippen molar-refractivity contribution in [1.82, 2.24) is 9.55 Å². The molecule has 0 fully saturated rings. The van der Waals surface area contributed by atoms with Gasteiger partial charge in [-0.1, -0.05) is 27.7 Å². The minimum atomic E-state index is 0.581. The molecular weight excluding hydrogens is 136 g/mol. The van der Waals surface area contributed by atoms with Crippen molar-refractivity contribution in [3.05, 3.63) is 18.2 Å². The number of hydrogen-bond acceptors (Lipinski definition) is 1. The molecule has 0 radical (unpaired) electrons. The fourth-order valence-corrected chi connectivity index (χ4v) is 0.924. The summed E-state index contributed by atoms with van der Waals surface area (Å²) in [4.78, 5) is 4.01. The lowest BCUT2D eigenvalue weighted by atomic mass is 10.1. The van der Waals surface area contributed by atoms with Crippen molar-refractivity contribution in [3.63, 3.8) is 0 Å². The number of aryl methyl sites for hydroxylation is 1. The molecule has 0 aliphatic rings. The quantitative estimate of drug-likeness (QED) is 0.608. The highest BCUT2D eigenvalue weighted by atomic mass is 15.0. The maximum absolute atomic E-state index is 4.01. The fraction of sp³-hybridized carbons (Fsp3) is 0.667. The SMILES string of the molecule is CC.CC(C)c1cncn1C. The largest absolute Gasteiger partial charge is 0.337 e. The summed E-state index contributed by atoms with van der Waals surface area (Å²) >= 11 is 0. The van der Waals surface area contributed by atoms with Crippen LogP contribution in [-0.2, 0) is 7.05 Å². The molecule has 64 valence electrons. The molecule has 0 unspecified atom stereocenters. The zero-order valence-electron chi connectivity index (χ0n) is 8.13. The maximum atomic E-state index is 4.01. The predicted octanol–water partition coefficient (Wildman–Crippen LogP) is 2.57. The van der Waals surface area contributed by atoms with E-state index in [2.05, 4.69) is 18.8 Å². The van der Waals surface area contributed by atoms with Gasteiger partial charge in [0.2, 0.25) is 0 Å². The van der Waals surface area contributed by atoms with Gasteiger partial charge in [0.15, 0.2) is 0 Å². The van der Waals surface area contributed by atoms with Crippen molar-refractivity contribution in [2.45, 2.75) is 33.6 Å². The van der Waals surface area contributed by atoms with Gasteiger partial charge in [-0.25, -0.2) is 4.98 Å². The van der Waals surface area contributed by atoms with Crippen molar-refractivity contribution < 1.29 is 0 Å². The third-order valence-corrected chi connectivity index (χ3v) is 1.45. The molecule has 0 aliphatic carbocycles. The van der Waals surface area contributed by atoms with Crippen molar-refractivity contribution >= 4 is 0 Å². The van der Waals surface area contributed by atoms with Gasteiger partial charge in [0, 0.05) is 18.9 Å². The number of aromatic nitrogens is 2. The zero-order chi connectivity index (χ0) is 8.85. The highest BCUT2D eigenvalue weighted by Crippen LogP contribution is 2.10. The molecule has 2 heteroatoms. The van der Waals surface area contributed by atoms with Crippen LogP contribution in [0.1, 0.15) is 39.3 Å². The first-order valence-electron chi connectivity index (χ1n) is 4.18. The van der Waals surface area contributed by atoms with Gasteiger partial charge in [0.25, 0.3) is 0 Å². The summed E-state index contributed by atoms with van der Waals surface area (Å²) in [5, 5.41) is 0. The van der Waals surface area contributed by atoms with Gasteiger partial charge in [0.05, 0.1) is 6.33 Å². The summed E-state index contributed by atoms with van der Waals surface area (Å²) in [7, 11) is 2.02. The van der Waals surface area contributed by atoms with E-state index < -0.39 is 0 Å². The van der Waals surface area contributed by atoms with E-state index >= 15 is 0 Å². The minimum absolute atomic E-state index is 0.581. The summed E-state index contributed by atoms with van der Waals surface area (Å²) in [6, 6.07) is 0. The van der Waals surface area contributed by atoms with Gasteiger partial charge in [-0.3, -0.25) is 0 Å². The Labute approximate surface area is 69.3 Å². The van der Waals surface area contributed by atoms with E-state index in [1.165, 1.54) is 5.69 Å². The second-order valence-electron chi connectivity index (χ2n) is 2.58. The predicted molar refractivity (Wildman–Crippen MR) is 48.6 cm³/mol. The minimum Gasteiger partial charge on any atom is -0.337 e. The van der Waals surface area contributed by atoms with E-state index in [1.807, 2.05) is 38.0 Å². The Kier molecular flexibility index (Phi) is 4.59. The van der Waals surface area contributed by atoms with E-state index in [4.69, 9.17) is 0 Å². The molecule has 0 aliphatic heterocycles. The van der Waals surface area contributed by atoms with Crippen LogP contribution in [0, 0.1) is 0 Å². The van der Waals surface area contributed by atoms with Crippen molar-refractivity contribution in [2.75, 3.05) is 0 Å². The Hall–Kier alpha value is -0.790.